The van der Waals surface area contributed by atoms with Gasteiger partial charge in [0.05, 0.1) is 25.2 Å². The quantitative estimate of drug-likeness (QED) is 0.337. The maximum Gasteiger partial charge on any atom is 0.315 e. The second kappa shape index (κ2) is 10.9. The summed E-state index contributed by atoms with van der Waals surface area (Å²) in [6, 6.07) is 0. The summed E-state index contributed by atoms with van der Waals surface area (Å²) in [5.41, 5.74) is -4.86. The zero-order valence-electron chi connectivity index (χ0n) is 29.1. The van der Waals surface area contributed by atoms with Gasteiger partial charge in [-0.25, -0.2) is 0 Å². The number of aliphatic hydroxyl groups is 1. The van der Waals surface area contributed by atoms with Crippen LogP contribution >= 0.6 is 0 Å². The number of fused-ring (bicyclic) bond motifs is 7. The number of hydrogen-bond acceptors (Lipinski definition) is 10. The second-order valence-corrected chi connectivity index (χ2v) is 16.2. The Morgan fingerprint density at radius 3 is 2.00 bits per heavy atom. The average Bonchev–Trinajstić information content (AvgIpc) is 2.96. The Morgan fingerprint density at radius 2 is 1.43 bits per heavy atom. The lowest BCUT2D eigenvalue weighted by molar-refractivity contribution is -0.249. The molecule has 4 fully saturated rings. The molecule has 0 aliphatic heterocycles. The third-order valence-electron chi connectivity index (χ3n) is 14.2. The van der Waals surface area contributed by atoms with Gasteiger partial charge in [-0.15, -0.1) is 0 Å². The highest BCUT2D eigenvalue weighted by atomic mass is 16.6. The number of rotatable bonds is 4. The van der Waals surface area contributed by atoms with Gasteiger partial charge in [-0.3, -0.25) is 24.0 Å². The lowest BCUT2D eigenvalue weighted by atomic mass is 9.32. The Bertz CT molecular complexity index is 1380. The Hall–Kier alpha value is -2.75. The van der Waals surface area contributed by atoms with Crippen molar-refractivity contribution in [2.75, 3.05) is 14.2 Å². The summed E-state index contributed by atoms with van der Waals surface area (Å²) in [6.45, 7) is 14.3. The third kappa shape index (κ3) is 4.33. The van der Waals surface area contributed by atoms with Gasteiger partial charge in [0.15, 0.2) is 11.9 Å². The van der Waals surface area contributed by atoms with Gasteiger partial charge >= 0.3 is 23.9 Å². The molecule has 0 heterocycles. The molecular formula is C36H52O10. The smallest absolute Gasteiger partial charge is 0.315 e. The van der Waals surface area contributed by atoms with Crippen molar-refractivity contribution in [2.24, 2.45) is 50.7 Å². The summed E-state index contributed by atoms with van der Waals surface area (Å²) in [6.07, 6.45) is 3.29. The molecular weight excluding hydrogens is 592 g/mol. The van der Waals surface area contributed by atoms with E-state index < -0.39 is 80.5 Å². The Labute approximate surface area is 272 Å². The lowest BCUT2D eigenvalue weighted by Gasteiger charge is -2.71. The van der Waals surface area contributed by atoms with Crippen LogP contribution in [0, 0.1) is 50.7 Å². The van der Waals surface area contributed by atoms with Crippen molar-refractivity contribution in [3.63, 3.8) is 0 Å². The molecule has 0 aromatic carbocycles. The normalized spacial score (nSPS) is 47.9. The van der Waals surface area contributed by atoms with E-state index in [1.807, 2.05) is 13.8 Å². The van der Waals surface area contributed by atoms with E-state index in [4.69, 9.17) is 18.9 Å². The van der Waals surface area contributed by atoms with Crippen LogP contribution in [-0.2, 0) is 42.9 Å². The molecule has 0 aromatic rings. The van der Waals surface area contributed by atoms with Crippen LogP contribution in [0.5, 0.6) is 0 Å². The molecule has 12 atom stereocenters. The van der Waals surface area contributed by atoms with Crippen LogP contribution in [0.3, 0.4) is 0 Å². The van der Waals surface area contributed by atoms with Crippen LogP contribution in [-0.4, -0.2) is 66.8 Å². The molecule has 4 saturated carbocycles. The maximum absolute atomic E-state index is 14.9. The molecule has 256 valence electrons. The number of esters is 4. The third-order valence-corrected chi connectivity index (χ3v) is 14.2. The maximum atomic E-state index is 14.9. The minimum absolute atomic E-state index is 0.103. The first kappa shape index (κ1) is 34.6. The second-order valence-electron chi connectivity index (χ2n) is 16.2. The topological polar surface area (TPSA) is 142 Å². The highest BCUT2D eigenvalue weighted by Gasteiger charge is 2.75. The molecule has 0 radical (unpaired) electrons. The standard InChI is InChI=1S/C36H52O10/c1-19-11-14-36(30(41)44-10)16-15-32(5)22(26(36)35(19,8)42)17-23(39)27-31(4)18-24(45-20(2)37)28(46-21(3)38)34(7,29(40)43-9)25(31)12-13-33(27,32)6/h17,19,24-28,42H,11-16,18H2,1-10H3/t19-,24-,25-,26-,27-,28+,31+,32-,33-,34-,35-,36+/m1/s1. The molecule has 5 aliphatic rings. The summed E-state index contributed by atoms with van der Waals surface area (Å²) >= 11 is 0. The van der Waals surface area contributed by atoms with Crippen LogP contribution in [0.4, 0.5) is 0 Å². The predicted molar refractivity (Wildman–Crippen MR) is 166 cm³/mol. The number of hydrogen-bond donors (Lipinski definition) is 1. The van der Waals surface area contributed by atoms with Gasteiger partial charge in [0.25, 0.3) is 0 Å². The monoisotopic (exact) mass is 644 g/mol. The summed E-state index contributed by atoms with van der Waals surface area (Å²) in [7, 11) is 2.67. The van der Waals surface area contributed by atoms with E-state index in [-0.39, 0.29) is 24.1 Å². The molecule has 5 rings (SSSR count). The van der Waals surface area contributed by atoms with E-state index in [1.165, 1.54) is 28.1 Å². The van der Waals surface area contributed by atoms with Gasteiger partial charge in [-0.05, 0) is 93.0 Å². The van der Waals surface area contributed by atoms with Gasteiger partial charge < -0.3 is 24.1 Å². The van der Waals surface area contributed by atoms with E-state index in [0.29, 0.717) is 38.5 Å². The van der Waals surface area contributed by atoms with Crippen LogP contribution in [0.25, 0.3) is 0 Å². The molecule has 10 heteroatoms. The van der Waals surface area contributed by atoms with Crippen molar-refractivity contribution in [1.29, 1.82) is 0 Å². The highest BCUT2D eigenvalue weighted by Crippen LogP contribution is 2.76. The Balaban J connectivity index is 1.72. The van der Waals surface area contributed by atoms with Crippen molar-refractivity contribution in [2.45, 2.75) is 118 Å². The predicted octanol–water partition coefficient (Wildman–Crippen LogP) is 4.74. The zero-order chi connectivity index (χ0) is 34.4. The van der Waals surface area contributed by atoms with Crippen LogP contribution < -0.4 is 0 Å². The van der Waals surface area contributed by atoms with E-state index in [1.54, 1.807) is 19.9 Å². The fourth-order valence-corrected chi connectivity index (χ4v) is 11.8. The van der Waals surface area contributed by atoms with Crippen LogP contribution in [0.2, 0.25) is 0 Å². The SMILES string of the molecule is COC(=O)[C@]12CC[C@@H](C)[C@@](C)(O)[C@H]1C1=CC(=O)[C@@H]3[C@@]4(C)C[C@@H](OC(C)=O)[C@H](OC(C)=O)[C@](C)(C(=O)OC)[C@@H]4CC[C@@]3(C)[C@]1(C)CC2. The van der Waals surface area contributed by atoms with Crippen molar-refractivity contribution in [3.8, 4) is 0 Å². The summed E-state index contributed by atoms with van der Waals surface area (Å²) in [5, 5.41) is 12.2. The molecule has 5 aliphatic carbocycles. The first-order chi connectivity index (χ1) is 21.2. The van der Waals surface area contributed by atoms with Gasteiger partial charge in [-0.1, -0.05) is 33.3 Å². The fraction of sp³-hybridized carbons (Fsp3) is 0.806. The number of carbonyl (C=O) groups is 5. The fourth-order valence-electron chi connectivity index (χ4n) is 11.8. The summed E-state index contributed by atoms with van der Waals surface area (Å²) in [5.74, 6) is -4.00. The van der Waals surface area contributed by atoms with E-state index in [2.05, 4.69) is 13.8 Å². The van der Waals surface area contributed by atoms with Gasteiger partial charge in [-0.2, -0.15) is 0 Å². The Kier molecular flexibility index (Phi) is 8.19. The number of carbonyl (C=O) groups excluding carboxylic acids is 5. The largest absolute Gasteiger partial charge is 0.469 e. The molecule has 0 unspecified atom stereocenters. The molecule has 0 aromatic heterocycles. The van der Waals surface area contributed by atoms with Crippen LogP contribution in [0.15, 0.2) is 11.6 Å². The van der Waals surface area contributed by atoms with E-state index in [0.717, 1.165) is 5.57 Å². The summed E-state index contributed by atoms with van der Waals surface area (Å²) in [4.78, 5) is 67.0. The number of ether oxygens (including phenoxy) is 4. The Morgan fingerprint density at radius 1 is 0.826 bits per heavy atom. The van der Waals surface area contributed by atoms with E-state index >= 15 is 0 Å². The highest BCUT2D eigenvalue weighted by molar-refractivity contribution is 5.96. The molecule has 46 heavy (non-hydrogen) atoms. The van der Waals surface area contributed by atoms with Crippen molar-refractivity contribution in [1.82, 2.24) is 0 Å². The molecule has 0 spiro atoms. The molecule has 0 bridgehead atoms. The van der Waals surface area contributed by atoms with Gasteiger partial charge in [0.1, 0.15) is 11.5 Å². The minimum Gasteiger partial charge on any atom is -0.469 e. The molecule has 0 amide bonds. The first-order valence-corrected chi connectivity index (χ1v) is 16.7. The zero-order valence-corrected chi connectivity index (χ0v) is 29.1. The number of methoxy groups -OCH3 is 2. The molecule has 10 nitrogen and oxygen atoms in total. The van der Waals surface area contributed by atoms with Gasteiger partial charge in [0.2, 0.25) is 0 Å². The molecule has 1 N–H and O–H groups in total. The van der Waals surface area contributed by atoms with Gasteiger partial charge in [0, 0.05) is 25.7 Å². The van der Waals surface area contributed by atoms with Crippen LogP contribution in [0.1, 0.15) is 100 Å². The van der Waals surface area contributed by atoms with E-state index in [9.17, 15) is 29.1 Å². The first-order valence-electron chi connectivity index (χ1n) is 16.7. The lowest BCUT2D eigenvalue weighted by Crippen LogP contribution is -2.72. The molecule has 0 saturated heterocycles. The van der Waals surface area contributed by atoms with Crippen molar-refractivity contribution >= 4 is 29.7 Å². The van der Waals surface area contributed by atoms with Crippen molar-refractivity contribution < 1.29 is 48.0 Å². The minimum atomic E-state index is -1.41. The summed E-state index contributed by atoms with van der Waals surface area (Å²) < 4.78 is 22.3. The number of allylic oxidation sites excluding steroid dienone is 1. The average molecular weight is 645 g/mol. The van der Waals surface area contributed by atoms with Crippen molar-refractivity contribution in [3.05, 3.63) is 11.6 Å². The number of ketones is 1.